The van der Waals surface area contributed by atoms with Gasteiger partial charge in [0.25, 0.3) is 0 Å². The number of aromatic nitrogens is 4. The van der Waals surface area contributed by atoms with Crippen molar-refractivity contribution in [1.29, 1.82) is 0 Å². The topological polar surface area (TPSA) is 84.7 Å². The summed E-state index contributed by atoms with van der Waals surface area (Å²) >= 11 is 0. The number of nitrogens with zero attached hydrogens (tertiary/aromatic N) is 4. The number of fused-ring (bicyclic) bond motifs is 1. The third-order valence-corrected chi connectivity index (χ3v) is 4.47. The maximum atomic E-state index is 13.4. The molecule has 0 unspecified atom stereocenters. The van der Waals surface area contributed by atoms with Gasteiger partial charge in [-0.05, 0) is 42.8 Å². The molecule has 2 aromatic carbocycles. The van der Waals surface area contributed by atoms with Crippen LogP contribution in [0.3, 0.4) is 0 Å². The number of anilines is 3. The Labute approximate surface area is 166 Å². The van der Waals surface area contributed by atoms with Crippen molar-refractivity contribution in [2.45, 2.75) is 13.5 Å². The maximum Gasteiger partial charge on any atom is 0.157 e. The van der Waals surface area contributed by atoms with Crippen LogP contribution in [0, 0.1) is 5.82 Å². The summed E-state index contributed by atoms with van der Waals surface area (Å²) in [6, 6.07) is 12.2. The Hall–Kier alpha value is -3.81. The van der Waals surface area contributed by atoms with Gasteiger partial charge in [-0.25, -0.2) is 14.4 Å². The van der Waals surface area contributed by atoms with Gasteiger partial charge in [0.05, 0.1) is 23.8 Å². The molecule has 0 fully saturated rings. The van der Waals surface area contributed by atoms with Crippen molar-refractivity contribution in [3.8, 4) is 0 Å². The highest BCUT2D eigenvalue weighted by molar-refractivity contribution is 5.91. The van der Waals surface area contributed by atoms with Crippen molar-refractivity contribution in [2.24, 2.45) is 0 Å². The summed E-state index contributed by atoms with van der Waals surface area (Å²) in [5.41, 5.74) is 2.90. The molecule has 0 aliphatic rings. The third kappa shape index (κ3) is 3.91. The molecule has 4 aromatic rings. The van der Waals surface area contributed by atoms with Gasteiger partial charge in [0.1, 0.15) is 23.8 Å². The first-order valence-corrected chi connectivity index (χ1v) is 9.19. The molecule has 0 bridgehead atoms. The highest BCUT2D eigenvalue weighted by atomic mass is 19.1. The smallest absolute Gasteiger partial charge is 0.157 e. The summed E-state index contributed by atoms with van der Waals surface area (Å²) < 4.78 is 15.2. The zero-order valence-corrected chi connectivity index (χ0v) is 15.8. The second kappa shape index (κ2) is 8.05. The number of rotatable bonds is 7. The van der Waals surface area contributed by atoms with Crippen molar-refractivity contribution >= 4 is 34.5 Å². The van der Waals surface area contributed by atoms with Crippen molar-refractivity contribution in [3.63, 3.8) is 0 Å². The average molecular weight is 390 g/mol. The Morgan fingerprint density at radius 2 is 2.00 bits per heavy atom. The van der Waals surface area contributed by atoms with Crippen LogP contribution in [0.15, 0.2) is 55.0 Å². The van der Waals surface area contributed by atoms with E-state index >= 15 is 0 Å². The van der Waals surface area contributed by atoms with Gasteiger partial charge in [-0.3, -0.25) is 9.48 Å². The van der Waals surface area contributed by atoms with E-state index in [0.717, 1.165) is 28.4 Å². The molecule has 0 radical (unpaired) electrons. The molecule has 0 saturated heterocycles. The number of hydrogen-bond acceptors (Lipinski definition) is 6. The van der Waals surface area contributed by atoms with Crippen LogP contribution >= 0.6 is 0 Å². The lowest BCUT2D eigenvalue weighted by atomic mass is 10.2. The molecule has 0 saturated carbocycles. The predicted molar refractivity (Wildman–Crippen MR) is 110 cm³/mol. The zero-order chi connectivity index (χ0) is 20.2. The number of hydrogen-bond donors (Lipinski definition) is 2. The first-order valence-electron chi connectivity index (χ1n) is 9.19. The van der Waals surface area contributed by atoms with Gasteiger partial charge in [0.2, 0.25) is 0 Å². The van der Waals surface area contributed by atoms with E-state index in [1.165, 1.54) is 18.5 Å². The molecule has 146 valence electrons. The van der Waals surface area contributed by atoms with Gasteiger partial charge < -0.3 is 10.6 Å². The van der Waals surface area contributed by atoms with Gasteiger partial charge in [-0.1, -0.05) is 12.1 Å². The molecule has 29 heavy (non-hydrogen) atoms. The van der Waals surface area contributed by atoms with Gasteiger partial charge in [0, 0.05) is 17.6 Å². The fraction of sp³-hybridized carbons (Fsp3) is 0.143. The number of halogens is 1. The summed E-state index contributed by atoms with van der Waals surface area (Å²) in [5, 5.41) is 11.6. The summed E-state index contributed by atoms with van der Waals surface area (Å²) in [5.74, 6) is 0.652. The Morgan fingerprint density at radius 1 is 1.14 bits per heavy atom. The van der Waals surface area contributed by atoms with Gasteiger partial charge in [0.15, 0.2) is 6.29 Å². The van der Waals surface area contributed by atoms with Crippen LogP contribution in [-0.2, 0) is 6.54 Å². The summed E-state index contributed by atoms with van der Waals surface area (Å²) in [4.78, 5) is 19.8. The van der Waals surface area contributed by atoms with E-state index < -0.39 is 0 Å². The molecule has 8 heteroatoms. The quantitative estimate of drug-likeness (QED) is 0.464. The Balaban J connectivity index is 1.61. The molecule has 0 spiro atoms. The molecule has 0 atom stereocenters. The number of carbonyl (C=O) groups is 1. The summed E-state index contributed by atoms with van der Waals surface area (Å²) in [6.07, 6.45) is 3.89. The Morgan fingerprint density at radius 3 is 2.79 bits per heavy atom. The van der Waals surface area contributed by atoms with Crippen LogP contribution in [0.5, 0.6) is 0 Å². The van der Waals surface area contributed by atoms with Crippen molar-refractivity contribution in [3.05, 3.63) is 71.9 Å². The fourth-order valence-electron chi connectivity index (χ4n) is 3.15. The van der Waals surface area contributed by atoms with E-state index in [2.05, 4.69) is 25.7 Å². The van der Waals surface area contributed by atoms with Crippen LogP contribution in [0.2, 0.25) is 0 Å². The largest absolute Gasteiger partial charge is 0.370 e. The van der Waals surface area contributed by atoms with Crippen LogP contribution in [-0.4, -0.2) is 32.6 Å². The van der Waals surface area contributed by atoms with Crippen molar-refractivity contribution < 1.29 is 9.18 Å². The number of aldehydes is 1. The zero-order valence-electron chi connectivity index (χ0n) is 15.8. The molecule has 2 aromatic heterocycles. The first kappa shape index (κ1) is 18.5. The minimum Gasteiger partial charge on any atom is -0.370 e. The van der Waals surface area contributed by atoms with Crippen LogP contribution in [0.25, 0.3) is 10.9 Å². The first-order chi connectivity index (χ1) is 14.2. The second-order valence-electron chi connectivity index (χ2n) is 6.46. The van der Waals surface area contributed by atoms with Crippen molar-refractivity contribution in [1.82, 2.24) is 19.7 Å². The van der Waals surface area contributed by atoms with E-state index in [4.69, 9.17) is 0 Å². The molecule has 0 amide bonds. The maximum absolute atomic E-state index is 13.4. The van der Waals surface area contributed by atoms with E-state index in [9.17, 15) is 9.18 Å². The lowest BCUT2D eigenvalue weighted by Crippen LogP contribution is -2.07. The number of nitrogens with one attached hydrogen (secondary N) is 2. The summed E-state index contributed by atoms with van der Waals surface area (Å²) in [7, 11) is 0. The van der Waals surface area contributed by atoms with Crippen LogP contribution in [0.1, 0.15) is 22.8 Å². The SMILES string of the molecule is CCNc1ncnc(Nc2ccc3c(cnn3Cc3cccc(F)c3)c2)c1C=O. The predicted octanol–water partition coefficient (Wildman–Crippen LogP) is 4.00. The van der Waals surface area contributed by atoms with Gasteiger partial charge in [-0.15, -0.1) is 0 Å². The second-order valence-corrected chi connectivity index (χ2v) is 6.46. The molecule has 7 nitrogen and oxygen atoms in total. The van der Waals surface area contributed by atoms with Crippen LogP contribution in [0.4, 0.5) is 21.7 Å². The highest BCUT2D eigenvalue weighted by Crippen LogP contribution is 2.25. The fourth-order valence-corrected chi connectivity index (χ4v) is 3.15. The molecule has 2 N–H and O–H groups in total. The lowest BCUT2D eigenvalue weighted by molar-refractivity contribution is 0.112. The highest BCUT2D eigenvalue weighted by Gasteiger charge is 2.11. The van der Waals surface area contributed by atoms with E-state index in [0.29, 0.717) is 30.3 Å². The van der Waals surface area contributed by atoms with E-state index in [1.54, 1.807) is 12.3 Å². The van der Waals surface area contributed by atoms with E-state index in [-0.39, 0.29) is 5.82 Å². The molecule has 4 rings (SSSR count). The van der Waals surface area contributed by atoms with Crippen molar-refractivity contribution in [2.75, 3.05) is 17.2 Å². The third-order valence-electron chi connectivity index (χ3n) is 4.47. The van der Waals surface area contributed by atoms with Gasteiger partial charge >= 0.3 is 0 Å². The standard InChI is InChI=1S/C21H19FN6O/c1-2-23-20-18(12-29)21(25-13-24-20)27-17-6-7-19-15(9-17)10-26-28(19)11-14-4-3-5-16(22)8-14/h3-10,12-13H,2,11H2,1H3,(H2,23,24,25,27). The monoisotopic (exact) mass is 390 g/mol. The minimum absolute atomic E-state index is 0.266. The Bertz CT molecular complexity index is 1170. The molecular weight excluding hydrogens is 371 g/mol. The molecule has 0 aliphatic heterocycles. The van der Waals surface area contributed by atoms with Crippen LogP contribution < -0.4 is 10.6 Å². The number of carbonyl (C=O) groups excluding carboxylic acids is 1. The minimum atomic E-state index is -0.266. The Kier molecular flexibility index (Phi) is 5.15. The lowest BCUT2D eigenvalue weighted by Gasteiger charge is -2.11. The number of benzene rings is 2. The van der Waals surface area contributed by atoms with E-state index in [1.807, 2.05) is 35.9 Å². The normalized spacial score (nSPS) is 10.8. The molecular formula is C21H19FN6O. The van der Waals surface area contributed by atoms with Gasteiger partial charge in [-0.2, -0.15) is 5.10 Å². The summed E-state index contributed by atoms with van der Waals surface area (Å²) in [6.45, 7) is 3.05. The average Bonchev–Trinajstić information content (AvgIpc) is 3.10. The molecule has 0 aliphatic carbocycles. The molecule has 2 heterocycles.